The standard InChI is InChI=1S/C19H22ClN5OS/c1-3-23(4-2)17(26)16-6-5-11-24(16)19-22-25-12-15(21-18(25)27-19)13-7-9-14(20)10-8-13/h7-10,12,16H,3-6,11H2,1-2H3. The summed E-state index contributed by atoms with van der Waals surface area (Å²) in [6, 6.07) is 7.51. The summed E-state index contributed by atoms with van der Waals surface area (Å²) in [6.45, 7) is 6.39. The van der Waals surface area contributed by atoms with Gasteiger partial charge in [-0.2, -0.15) is 0 Å². The summed E-state index contributed by atoms with van der Waals surface area (Å²) in [7, 11) is 0. The molecule has 3 heterocycles. The quantitative estimate of drug-likeness (QED) is 0.647. The molecule has 0 radical (unpaired) electrons. The predicted molar refractivity (Wildman–Crippen MR) is 110 cm³/mol. The Morgan fingerprint density at radius 2 is 2.04 bits per heavy atom. The van der Waals surface area contributed by atoms with Crippen LogP contribution in [0.5, 0.6) is 0 Å². The zero-order valence-corrected chi connectivity index (χ0v) is 17.0. The van der Waals surface area contributed by atoms with Gasteiger partial charge in [-0.05, 0) is 38.8 Å². The van der Waals surface area contributed by atoms with E-state index in [2.05, 4.69) is 4.90 Å². The lowest BCUT2D eigenvalue weighted by Crippen LogP contribution is -2.45. The van der Waals surface area contributed by atoms with Crippen molar-refractivity contribution >= 4 is 38.9 Å². The first-order chi connectivity index (χ1) is 13.1. The molecule has 1 aromatic carbocycles. The normalized spacial score (nSPS) is 17.0. The molecular formula is C19H22ClN5OS. The summed E-state index contributed by atoms with van der Waals surface area (Å²) in [6.07, 6.45) is 3.82. The van der Waals surface area contributed by atoms with E-state index < -0.39 is 0 Å². The fourth-order valence-electron chi connectivity index (χ4n) is 3.56. The second-order valence-corrected chi connectivity index (χ2v) is 7.98. The van der Waals surface area contributed by atoms with E-state index in [1.54, 1.807) is 4.52 Å². The van der Waals surface area contributed by atoms with Crippen LogP contribution in [0.15, 0.2) is 30.5 Å². The lowest BCUT2D eigenvalue weighted by Gasteiger charge is -2.28. The Morgan fingerprint density at radius 1 is 1.30 bits per heavy atom. The van der Waals surface area contributed by atoms with Gasteiger partial charge >= 0.3 is 0 Å². The van der Waals surface area contributed by atoms with Crippen molar-refractivity contribution in [3.05, 3.63) is 35.5 Å². The van der Waals surface area contributed by atoms with E-state index >= 15 is 0 Å². The average molecular weight is 404 g/mol. The van der Waals surface area contributed by atoms with Gasteiger partial charge in [-0.3, -0.25) is 4.79 Å². The molecule has 0 spiro atoms. The predicted octanol–water partition coefficient (Wildman–Crippen LogP) is 3.95. The van der Waals surface area contributed by atoms with Crippen molar-refractivity contribution in [3.8, 4) is 11.3 Å². The summed E-state index contributed by atoms with van der Waals surface area (Å²) >= 11 is 7.49. The van der Waals surface area contributed by atoms with E-state index in [4.69, 9.17) is 21.7 Å². The van der Waals surface area contributed by atoms with E-state index in [-0.39, 0.29) is 11.9 Å². The number of imidazole rings is 1. The molecular weight excluding hydrogens is 382 g/mol. The van der Waals surface area contributed by atoms with Crippen LogP contribution in [0.3, 0.4) is 0 Å². The Labute approximate surface area is 167 Å². The SMILES string of the molecule is CCN(CC)C(=O)C1CCCN1c1nn2cc(-c3ccc(Cl)cc3)nc2s1. The number of carbonyl (C=O) groups is 1. The van der Waals surface area contributed by atoms with Crippen molar-refractivity contribution in [1.29, 1.82) is 0 Å². The van der Waals surface area contributed by atoms with Crippen LogP contribution in [0.4, 0.5) is 5.13 Å². The first-order valence-corrected chi connectivity index (χ1v) is 10.5. The third kappa shape index (κ3) is 3.41. The third-order valence-electron chi connectivity index (χ3n) is 5.03. The fraction of sp³-hybridized carbons (Fsp3) is 0.421. The monoisotopic (exact) mass is 403 g/mol. The highest BCUT2D eigenvalue weighted by molar-refractivity contribution is 7.20. The molecule has 142 valence electrons. The second-order valence-electron chi connectivity index (χ2n) is 6.61. The van der Waals surface area contributed by atoms with Crippen molar-refractivity contribution in [3.63, 3.8) is 0 Å². The summed E-state index contributed by atoms with van der Waals surface area (Å²) in [5.41, 5.74) is 1.88. The number of aromatic nitrogens is 3. The Balaban J connectivity index is 1.59. The zero-order valence-electron chi connectivity index (χ0n) is 15.4. The number of benzene rings is 1. The van der Waals surface area contributed by atoms with Crippen molar-refractivity contribution < 1.29 is 4.79 Å². The first-order valence-electron chi connectivity index (χ1n) is 9.28. The van der Waals surface area contributed by atoms with Crippen LogP contribution in [-0.4, -0.2) is 51.1 Å². The van der Waals surface area contributed by atoms with Gasteiger partial charge in [-0.15, -0.1) is 5.10 Å². The molecule has 1 saturated heterocycles. The van der Waals surface area contributed by atoms with Gasteiger partial charge < -0.3 is 9.80 Å². The number of likely N-dealkylation sites (N-methyl/N-ethyl adjacent to an activating group) is 1. The highest BCUT2D eigenvalue weighted by Crippen LogP contribution is 2.32. The van der Waals surface area contributed by atoms with Crippen LogP contribution in [0.2, 0.25) is 5.02 Å². The summed E-state index contributed by atoms with van der Waals surface area (Å²) < 4.78 is 1.81. The second kappa shape index (κ2) is 7.48. The number of carbonyl (C=O) groups excluding carboxylic acids is 1. The van der Waals surface area contributed by atoms with Gasteiger partial charge in [0, 0.05) is 30.2 Å². The van der Waals surface area contributed by atoms with Gasteiger partial charge in [0.2, 0.25) is 16.0 Å². The van der Waals surface area contributed by atoms with E-state index in [1.165, 1.54) is 11.3 Å². The fourth-order valence-corrected chi connectivity index (χ4v) is 4.65. The van der Waals surface area contributed by atoms with Gasteiger partial charge in [-0.25, -0.2) is 9.50 Å². The summed E-state index contributed by atoms with van der Waals surface area (Å²) in [5.74, 6) is 0.201. The minimum atomic E-state index is -0.114. The maximum absolute atomic E-state index is 12.8. The Bertz CT molecular complexity index is 915. The Hall–Kier alpha value is -2.12. The lowest BCUT2D eigenvalue weighted by atomic mass is 10.2. The van der Waals surface area contributed by atoms with E-state index in [0.717, 1.165) is 53.8 Å². The zero-order chi connectivity index (χ0) is 19.0. The molecule has 6 nitrogen and oxygen atoms in total. The van der Waals surface area contributed by atoms with Crippen LogP contribution in [0, 0.1) is 0 Å². The first kappa shape index (κ1) is 18.3. The number of rotatable bonds is 5. The molecule has 1 atom stereocenters. The molecule has 8 heteroatoms. The molecule has 0 N–H and O–H groups in total. The molecule has 4 rings (SSSR count). The maximum atomic E-state index is 12.8. The Morgan fingerprint density at radius 3 is 2.70 bits per heavy atom. The van der Waals surface area contributed by atoms with E-state index in [0.29, 0.717) is 5.02 Å². The van der Waals surface area contributed by atoms with Crippen molar-refractivity contribution in [2.75, 3.05) is 24.5 Å². The number of fused-ring (bicyclic) bond motifs is 1. The number of halogens is 1. The van der Waals surface area contributed by atoms with Crippen LogP contribution >= 0.6 is 22.9 Å². The van der Waals surface area contributed by atoms with Gasteiger partial charge in [0.1, 0.15) is 6.04 Å². The minimum absolute atomic E-state index is 0.114. The summed E-state index contributed by atoms with van der Waals surface area (Å²) in [5, 5.41) is 6.27. The Kier molecular flexibility index (Phi) is 5.06. The van der Waals surface area contributed by atoms with E-state index in [1.807, 2.05) is 49.2 Å². The minimum Gasteiger partial charge on any atom is -0.341 e. The molecule has 0 saturated carbocycles. The smallest absolute Gasteiger partial charge is 0.245 e. The lowest BCUT2D eigenvalue weighted by molar-refractivity contribution is -0.132. The van der Waals surface area contributed by atoms with Gasteiger partial charge in [0.15, 0.2) is 0 Å². The molecule has 0 aliphatic carbocycles. The third-order valence-corrected chi connectivity index (χ3v) is 6.24. The summed E-state index contributed by atoms with van der Waals surface area (Å²) in [4.78, 5) is 22.4. The highest BCUT2D eigenvalue weighted by Gasteiger charge is 2.35. The van der Waals surface area contributed by atoms with Crippen LogP contribution in [0.1, 0.15) is 26.7 Å². The van der Waals surface area contributed by atoms with Gasteiger partial charge in [0.05, 0.1) is 11.9 Å². The molecule has 1 aliphatic rings. The number of amides is 1. The van der Waals surface area contributed by atoms with Crippen molar-refractivity contribution in [1.82, 2.24) is 19.5 Å². The number of hydrogen-bond acceptors (Lipinski definition) is 5. The molecule has 2 aromatic heterocycles. The molecule has 1 unspecified atom stereocenters. The average Bonchev–Trinajstić information content (AvgIpc) is 3.37. The van der Waals surface area contributed by atoms with Gasteiger partial charge in [-0.1, -0.05) is 35.1 Å². The van der Waals surface area contributed by atoms with E-state index in [9.17, 15) is 4.79 Å². The molecule has 0 bridgehead atoms. The van der Waals surface area contributed by atoms with Crippen LogP contribution in [-0.2, 0) is 4.79 Å². The topological polar surface area (TPSA) is 53.7 Å². The maximum Gasteiger partial charge on any atom is 0.245 e. The van der Waals surface area contributed by atoms with Crippen LogP contribution in [0.25, 0.3) is 16.2 Å². The number of anilines is 1. The number of nitrogens with zero attached hydrogens (tertiary/aromatic N) is 5. The van der Waals surface area contributed by atoms with Gasteiger partial charge in [0.25, 0.3) is 0 Å². The molecule has 1 aliphatic heterocycles. The van der Waals surface area contributed by atoms with Crippen molar-refractivity contribution in [2.24, 2.45) is 0 Å². The van der Waals surface area contributed by atoms with Crippen molar-refractivity contribution in [2.45, 2.75) is 32.7 Å². The molecule has 1 fully saturated rings. The molecule has 3 aromatic rings. The molecule has 27 heavy (non-hydrogen) atoms. The number of hydrogen-bond donors (Lipinski definition) is 0. The highest BCUT2D eigenvalue weighted by atomic mass is 35.5. The largest absolute Gasteiger partial charge is 0.341 e. The van der Waals surface area contributed by atoms with Crippen LogP contribution < -0.4 is 4.90 Å². The molecule has 1 amide bonds.